The number of rotatable bonds is 5. The van der Waals surface area contributed by atoms with Crippen LogP contribution < -0.4 is 16.0 Å². The standard InChI is InChI=1S/C20H23N5O6S/c1-20(2)13(17(28)29)25-15(27)12(16(25)32-20)22-14(26)11(10-6-4-3-5-7-10)23-19(31)24-9-8-21-18(24)30/h3-7,11-13,16H,8-9H2,1-2H3,(H,21,30)(H,22,26)(H,23,31)(H,28,29)/t11-,12-,13?,16-/m1/s1. The van der Waals surface area contributed by atoms with Crippen LogP contribution in [0.25, 0.3) is 0 Å². The number of hydrogen-bond donors (Lipinski definition) is 4. The zero-order valence-corrected chi connectivity index (χ0v) is 18.2. The minimum Gasteiger partial charge on any atom is -0.480 e. The zero-order chi connectivity index (χ0) is 23.2. The summed E-state index contributed by atoms with van der Waals surface area (Å²) in [6.45, 7) is 3.98. The van der Waals surface area contributed by atoms with Crippen molar-refractivity contribution in [2.75, 3.05) is 13.1 Å². The number of hydrogen-bond acceptors (Lipinski definition) is 6. The van der Waals surface area contributed by atoms with Crippen molar-refractivity contribution in [3.05, 3.63) is 35.9 Å². The predicted octanol–water partition coefficient (Wildman–Crippen LogP) is 0.0942. The minimum absolute atomic E-state index is 0.175. The van der Waals surface area contributed by atoms with Gasteiger partial charge in [0.1, 0.15) is 23.5 Å². The monoisotopic (exact) mass is 461 g/mol. The molecule has 1 unspecified atom stereocenters. The van der Waals surface area contributed by atoms with Crippen LogP contribution in [0.3, 0.4) is 0 Å². The van der Waals surface area contributed by atoms with E-state index in [9.17, 15) is 29.1 Å². The third-order valence-electron chi connectivity index (χ3n) is 5.74. The number of urea groups is 2. The molecule has 3 aliphatic heterocycles. The van der Waals surface area contributed by atoms with E-state index in [0.29, 0.717) is 12.1 Å². The first-order valence-electron chi connectivity index (χ1n) is 10.1. The van der Waals surface area contributed by atoms with Crippen molar-refractivity contribution < 1.29 is 29.1 Å². The molecule has 170 valence electrons. The number of carbonyl (C=O) groups excluding carboxylic acids is 4. The van der Waals surface area contributed by atoms with Crippen molar-refractivity contribution >= 4 is 41.6 Å². The first-order valence-corrected chi connectivity index (χ1v) is 10.9. The summed E-state index contributed by atoms with van der Waals surface area (Å²) in [5.41, 5.74) is 0.476. The van der Waals surface area contributed by atoms with E-state index in [-0.39, 0.29) is 6.54 Å². The average Bonchev–Trinajstić information content (AvgIpc) is 3.29. The molecule has 3 aliphatic rings. The Balaban J connectivity index is 1.51. The number of fused-ring (bicyclic) bond motifs is 1. The second-order valence-corrected chi connectivity index (χ2v) is 10.0. The van der Waals surface area contributed by atoms with Crippen molar-refractivity contribution in [2.24, 2.45) is 0 Å². The van der Waals surface area contributed by atoms with Gasteiger partial charge in [-0.3, -0.25) is 9.59 Å². The molecule has 0 radical (unpaired) electrons. The fourth-order valence-electron chi connectivity index (χ4n) is 4.19. The van der Waals surface area contributed by atoms with Gasteiger partial charge in [0.2, 0.25) is 11.8 Å². The van der Waals surface area contributed by atoms with Crippen molar-refractivity contribution in [1.82, 2.24) is 25.8 Å². The van der Waals surface area contributed by atoms with Gasteiger partial charge in [0.25, 0.3) is 0 Å². The lowest BCUT2D eigenvalue weighted by atomic mass is 9.95. The van der Waals surface area contributed by atoms with Crippen LogP contribution >= 0.6 is 11.8 Å². The number of nitrogens with zero attached hydrogens (tertiary/aromatic N) is 2. The topological polar surface area (TPSA) is 148 Å². The van der Waals surface area contributed by atoms with Gasteiger partial charge in [0.15, 0.2) is 0 Å². The van der Waals surface area contributed by atoms with Gasteiger partial charge >= 0.3 is 18.0 Å². The second-order valence-electron chi connectivity index (χ2n) is 8.26. The van der Waals surface area contributed by atoms with Crippen LogP contribution in [0.4, 0.5) is 9.59 Å². The molecule has 6 amide bonds. The Morgan fingerprint density at radius 2 is 1.91 bits per heavy atom. The van der Waals surface area contributed by atoms with E-state index in [2.05, 4.69) is 16.0 Å². The molecule has 4 rings (SSSR count). The second kappa shape index (κ2) is 8.01. The SMILES string of the molecule is CC1(C)S[C@@H]2[C@H](NC(=O)[C@H](NC(=O)N3CCNC3=O)c3ccccc3)C(=O)N2C1C(=O)O. The van der Waals surface area contributed by atoms with Gasteiger partial charge in [-0.25, -0.2) is 19.3 Å². The van der Waals surface area contributed by atoms with E-state index in [1.54, 1.807) is 44.2 Å². The summed E-state index contributed by atoms with van der Waals surface area (Å²) in [5.74, 6) is -2.20. The van der Waals surface area contributed by atoms with Gasteiger partial charge in [-0.05, 0) is 19.4 Å². The molecule has 4 N–H and O–H groups in total. The smallest absolute Gasteiger partial charge is 0.327 e. The molecule has 0 aromatic heterocycles. The van der Waals surface area contributed by atoms with Gasteiger partial charge < -0.3 is 26.0 Å². The van der Waals surface area contributed by atoms with Crippen LogP contribution in [-0.4, -0.2) is 80.0 Å². The summed E-state index contributed by atoms with van der Waals surface area (Å²) in [7, 11) is 0. The highest BCUT2D eigenvalue weighted by molar-refractivity contribution is 8.01. The van der Waals surface area contributed by atoms with Crippen LogP contribution in [0.2, 0.25) is 0 Å². The molecule has 3 saturated heterocycles. The Bertz CT molecular complexity index is 986. The molecule has 0 saturated carbocycles. The highest BCUT2D eigenvalue weighted by Gasteiger charge is 2.64. The van der Waals surface area contributed by atoms with Crippen LogP contribution in [0, 0.1) is 0 Å². The number of carboxylic acids is 1. The molecule has 3 fully saturated rings. The van der Waals surface area contributed by atoms with Gasteiger partial charge in [-0.1, -0.05) is 30.3 Å². The van der Waals surface area contributed by atoms with E-state index in [4.69, 9.17) is 0 Å². The van der Waals surface area contributed by atoms with Crippen molar-refractivity contribution in [3.8, 4) is 0 Å². The molecule has 1 aromatic rings. The molecule has 3 heterocycles. The zero-order valence-electron chi connectivity index (χ0n) is 17.4. The van der Waals surface area contributed by atoms with E-state index < -0.39 is 58.1 Å². The number of thioether (sulfide) groups is 1. The lowest BCUT2D eigenvalue weighted by Crippen LogP contribution is -2.71. The average molecular weight is 462 g/mol. The first kappa shape index (κ1) is 21.9. The van der Waals surface area contributed by atoms with E-state index in [1.807, 2.05) is 0 Å². The number of carboxylic acid groups (broad SMARTS) is 1. The Morgan fingerprint density at radius 3 is 2.50 bits per heavy atom. The number of imide groups is 1. The molecule has 1 aromatic carbocycles. The Morgan fingerprint density at radius 1 is 1.22 bits per heavy atom. The van der Waals surface area contributed by atoms with Crippen molar-refractivity contribution in [3.63, 3.8) is 0 Å². The lowest BCUT2D eigenvalue weighted by molar-refractivity contribution is -0.161. The van der Waals surface area contributed by atoms with Crippen molar-refractivity contribution in [1.29, 1.82) is 0 Å². The van der Waals surface area contributed by atoms with Gasteiger partial charge in [-0.2, -0.15) is 0 Å². The maximum atomic E-state index is 13.1. The van der Waals surface area contributed by atoms with Gasteiger partial charge in [0.05, 0.1) is 0 Å². The number of benzene rings is 1. The van der Waals surface area contributed by atoms with Crippen molar-refractivity contribution in [2.45, 2.75) is 42.1 Å². The molecule has 0 aliphatic carbocycles. The molecule has 32 heavy (non-hydrogen) atoms. The molecular formula is C20H23N5O6S. The molecule has 0 bridgehead atoms. The van der Waals surface area contributed by atoms with Crippen LogP contribution in [0.15, 0.2) is 30.3 Å². The maximum Gasteiger partial charge on any atom is 0.327 e. The number of amides is 6. The quantitative estimate of drug-likeness (QED) is 0.454. The molecule has 12 heteroatoms. The molecule has 11 nitrogen and oxygen atoms in total. The lowest BCUT2D eigenvalue weighted by Gasteiger charge is -2.44. The first-order chi connectivity index (χ1) is 15.1. The van der Waals surface area contributed by atoms with Crippen LogP contribution in [-0.2, 0) is 14.4 Å². The minimum atomic E-state index is -1.14. The summed E-state index contributed by atoms with van der Waals surface area (Å²) in [4.78, 5) is 64.2. The summed E-state index contributed by atoms with van der Waals surface area (Å²) in [6.07, 6.45) is 0. The van der Waals surface area contributed by atoms with Gasteiger partial charge in [-0.15, -0.1) is 11.8 Å². The van der Waals surface area contributed by atoms with Crippen LogP contribution in [0.5, 0.6) is 0 Å². The number of β-lactam (4-membered cyclic amide) rings is 1. The maximum absolute atomic E-state index is 13.1. The summed E-state index contributed by atoms with van der Waals surface area (Å²) in [6, 6.07) is 4.14. The number of carbonyl (C=O) groups is 5. The number of aliphatic carboxylic acids is 1. The van der Waals surface area contributed by atoms with E-state index >= 15 is 0 Å². The summed E-state index contributed by atoms with van der Waals surface area (Å²) in [5, 5.41) is 16.8. The summed E-state index contributed by atoms with van der Waals surface area (Å²) < 4.78 is -0.720. The molecular weight excluding hydrogens is 438 g/mol. The third-order valence-corrected chi connectivity index (χ3v) is 7.31. The van der Waals surface area contributed by atoms with E-state index in [0.717, 1.165) is 4.90 Å². The van der Waals surface area contributed by atoms with Gasteiger partial charge in [0, 0.05) is 17.8 Å². The van der Waals surface area contributed by atoms with E-state index in [1.165, 1.54) is 16.7 Å². The molecule has 4 atom stereocenters. The fraction of sp³-hybridized carbons (Fsp3) is 0.450. The van der Waals surface area contributed by atoms with Crippen LogP contribution in [0.1, 0.15) is 25.5 Å². The Kier molecular flexibility index (Phi) is 5.49. The third kappa shape index (κ3) is 3.64. The number of nitrogens with one attached hydrogen (secondary N) is 3. The fourth-order valence-corrected chi connectivity index (χ4v) is 5.82. The Hall–Kier alpha value is -3.28. The summed E-state index contributed by atoms with van der Waals surface area (Å²) >= 11 is 1.31. The molecule has 0 spiro atoms. The largest absolute Gasteiger partial charge is 0.480 e. The predicted molar refractivity (Wildman–Crippen MR) is 113 cm³/mol. The Labute approximate surface area is 187 Å². The highest BCUT2D eigenvalue weighted by Crippen LogP contribution is 2.50. The normalized spacial score (nSPS) is 26.6. The highest BCUT2D eigenvalue weighted by atomic mass is 32.2.